The largest absolute Gasteiger partial charge is 0.510 e. The maximum Gasteiger partial charge on any atom is 0.510 e. The number of aromatic nitrogens is 4. The molecule has 2 aromatic heterocycles. The van der Waals surface area contributed by atoms with Gasteiger partial charge in [-0.3, -0.25) is 13.6 Å². The summed E-state index contributed by atoms with van der Waals surface area (Å²) in [4.78, 5) is 35.2. The number of nitrogen functional groups attached to an aromatic ring is 1. The highest BCUT2D eigenvalue weighted by atomic mass is 31.2. The second kappa shape index (κ2) is 21.3. The van der Waals surface area contributed by atoms with Crippen molar-refractivity contribution in [3.8, 4) is 17.2 Å². The zero-order valence-corrected chi connectivity index (χ0v) is 32.0. The minimum Gasteiger partial charge on any atom is -0.508 e. The first-order valence-corrected chi connectivity index (χ1v) is 18.2. The number of benzene rings is 2. The van der Waals surface area contributed by atoms with Crippen LogP contribution in [0.25, 0.3) is 23.3 Å². The van der Waals surface area contributed by atoms with E-state index in [1.165, 1.54) is 12.7 Å². The Kier molecular flexibility index (Phi) is 17.0. The smallest absolute Gasteiger partial charge is 0.508 e. The molecule has 0 bridgehead atoms. The second-order valence-electron chi connectivity index (χ2n) is 11.7. The molecule has 0 saturated heterocycles. The Bertz CT molecular complexity index is 1810. The lowest BCUT2D eigenvalue weighted by Gasteiger charge is -2.21. The first kappa shape index (κ1) is 43.0. The number of aromatic hydroxyl groups is 1. The molecule has 0 aliphatic carbocycles. The van der Waals surface area contributed by atoms with Crippen molar-refractivity contribution in [1.29, 1.82) is 0 Å². The summed E-state index contributed by atoms with van der Waals surface area (Å²) in [6.07, 6.45) is 2.80. The molecule has 19 heteroatoms. The van der Waals surface area contributed by atoms with Gasteiger partial charge in [0.15, 0.2) is 11.5 Å². The number of imidazole rings is 1. The van der Waals surface area contributed by atoms with Crippen molar-refractivity contribution in [3.05, 3.63) is 66.2 Å². The predicted octanol–water partition coefficient (Wildman–Crippen LogP) is 6.62. The van der Waals surface area contributed by atoms with Crippen LogP contribution >= 0.6 is 7.60 Å². The van der Waals surface area contributed by atoms with Gasteiger partial charge in [-0.2, -0.15) is 0 Å². The zero-order valence-electron chi connectivity index (χ0n) is 31.1. The average molecular weight is 776 g/mol. The molecule has 54 heavy (non-hydrogen) atoms. The summed E-state index contributed by atoms with van der Waals surface area (Å²) in [7, 11) is -0.804. The Balaban J connectivity index is 0.000000345. The topological polar surface area (TPSA) is 224 Å². The van der Waals surface area contributed by atoms with Crippen molar-refractivity contribution >= 4 is 49.0 Å². The third-order valence-electron chi connectivity index (χ3n) is 6.65. The van der Waals surface area contributed by atoms with Crippen LogP contribution in [-0.4, -0.2) is 89.4 Å². The van der Waals surface area contributed by atoms with Gasteiger partial charge in [0.2, 0.25) is 13.6 Å². The van der Waals surface area contributed by atoms with E-state index in [0.717, 1.165) is 22.6 Å². The van der Waals surface area contributed by atoms with E-state index in [-0.39, 0.29) is 18.1 Å². The van der Waals surface area contributed by atoms with Crippen LogP contribution in [0.3, 0.4) is 0 Å². The van der Waals surface area contributed by atoms with Gasteiger partial charge in [-0.25, -0.2) is 24.5 Å². The standard InChI is InChI=1S/C19H30N5O10P.C16H16O3/c1-12(2)33-18(25)28-9-31-35(27,32-10-29-19(26)34-13(3)4)11-30-14(5)6-24-8-23-15-16(20)21-7-22-17(15)24;1-18-15-9-13(10-16(11-15)19-2)4-3-12-5-7-14(17)8-6-12/h7-8,12-14H,6,9-11H2,1-5H3,(H2,20,21,22);3-11,17H,1-2H3/b;4-3+/t14-;/m1./s1. The number of nitrogens with zero attached hydrogens (tertiary/aromatic N) is 4. The van der Waals surface area contributed by atoms with E-state index in [4.69, 9.17) is 47.9 Å². The van der Waals surface area contributed by atoms with Gasteiger partial charge >= 0.3 is 19.9 Å². The molecule has 0 aliphatic rings. The quantitative estimate of drug-likeness (QED) is 0.0498. The van der Waals surface area contributed by atoms with Crippen molar-refractivity contribution < 1.29 is 61.5 Å². The average Bonchev–Trinajstić information content (AvgIpc) is 3.53. The molecule has 0 saturated carbocycles. The molecule has 294 valence electrons. The van der Waals surface area contributed by atoms with Crippen molar-refractivity contribution in [2.75, 3.05) is 39.9 Å². The van der Waals surface area contributed by atoms with Gasteiger partial charge in [-0.05, 0) is 70.0 Å². The summed E-state index contributed by atoms with van der Waals surface area (Å²) < 4.78 is 60.1. The highest BCUT2D eigenvalue weighted by Gasteiger charge is 2.29. The van der Waals surface area contributed by atoms with Crippen LogP contribution in [0.15, 0.2) is 55.1 Å². The summed E-state index contributed by atoms with van der Waals surface area (Å²) in [5, 5.41) is 9.22. The lowest BCUT2D eigenvalue weighted by atomic mass is 10.1. The molecule has 0 spiro atoms. The molecule has 1 atom stereocenters. The van der Waals surface area contributed by atoms with E-state index in [2.05, 4.69) is 15.0 Å². The van der Waals surface area contributed by atoms with Crippen molar-refractivity contribution in [2.24, 2.45) is 0 Å². The van der Waals surface area contributed by atoms with Crippen LogP contribution in [0.2, 0.25) is 0 Å². The maximum absolute atomic E-state index is 13.1. The van der Waals surface area contributed by atoms with Crippen LogP contribution in [0, 0.1) is 0 Å². The summed E-state index contributed by atoms with van der Waals surface area (Å²) in [6.45, 7) is 6.98. The van der Waals surface area contributed by atoms with Gasteiger partial charge in [0.1, 0.15) is 35.4 Å². The van der Waals surface area contributed by atoms with Crippen LogP contribution in [0.1, 0.15) is 45.7 Å². The normalized spacial score (nSPS) is 11.9. The SMILES string of the molecule is CC(C)OC(=O)OCOP(=O)(CO[C@H](C)Cn1cnc2c(N)ncnc21)OCOC(=O)OC(C)C.COc1cc(/C=C/c2ccc(O)cc2)cc(OC)c1. The number of ether oxygens (including phenoxy) is 7. The Morgan fingerprint density at radius 3 is 1.93 bits per heavy atom. The molecule has 18 nitrogen and oxygen atoms in total. The Labute approximate surface area is 312 Å². The zero-order chi connectivity index (χ0) is 39.7. The number of rotatable bonds is 17. The van der Waals surface area contributed by atoms with E-state index < -0.39 is 58.2 Å². The van der Waals surface area contributed by atoms with Gasteiger partial charge < -0.3 is 48.6 Å². The molecule has 3 N–H and O–H groups in total. The summed E-state index contributed by atoms with van der Waals surface area (Å²) >= 11 is 0. The van der Waals surface area contributed by atoms with Crippen molar-refractivity contribution in [2.45, 2.75) is 59.5 Å². The van der Waals surface area contributed by atoms with Gasteiger partial charge in [0.05, 0.1) is 45.4 Å². The molecule has 4 rings (SSSR count). The van der Waals surface area contributed by atoms with Crippen LogP contribution in [0.5, 0.6) is 17.2 Å². The summed E-state index contributed by atoms with van der Waals surface area (Å²) in [6, 6.07) is 12.7. The van der Waals surface area contributed by atoms with Gasteiger partial charge in [0.25, 0.3) is 0 Å². The fourth-order valence-corrected chi connectivity index (χ4v) is 5.25. The van der Waals surface area contributed by atoms with E-state index >= 15 is 0 Å². The number of nitrogens with two attached hydrogens (primary N) is 1. The number of phenolic OH excluding ortho intramolecular Hbond substituents is 1. The number of hydrogen-bond donors (Lipinski definition) is 2. The van der Waals surface area contributed by atoms with E-state index in [1.54, 1.807) is 65.5 Å². The van der Waals surface area contributed by atoms with Gasteiger partial charge in [-0.1, -0.05) is 24.3 Å². The fourth-order valence-electron chi connectivity index (χ4n) is 4.16. The van der Waals surface area contributed by atoms with Crippen LogP contribution < -0.4 is 15.2 Å². The molecule has 4 aromatic rings. The number of methoxy groups -OCH3 is 2. The summed E-state index contributed by atoms with van der Waals surface area (Å²) in [5.74, 6) is 2.01. The summed E-state index contributed by atoms with van der Waals surface area (Å²) in [5.41, 5.74) is 8.73. The second-order valence-corrected chi connectivity index (χ2v) is 13.7. The van der Waals surface area contributed by atoms with Gasteiger partial charge in [0, 0.05) is 6.07 Å². The Morgan fingerprint density at radius 1 is 0.833 bits per heavy atom. The van der Waals surface area contributed by atoms with Crippen molar-refractivity contribution in [1.82, 2.24) is 19.5 Å². The van der Waals surface area contributed by atoms with Gasteiger partial charge in [-0.15, -0.1) is 0 Å². The minimum atomic E-state index is -4.06. The number of fused-ring (bicyclic) bond motifs is 1. The van der Waals surface area contributed by atoms with Crippen LogP contribution in [0.4, 0.5) is 15.4 Å². The predicted molar refractivity (Wildman–Crippen MR) is 197 cm³/mol. The number of carbonyl (C=O) groups is 2. The fraction of sp³-hybridized carbons (Fsp3) is 0.400. The third-order valence-corrected chi connectivity index (χ3v) is 8.11. The molecule has 0 radical (unpaired) electrons. The van der Waals surface area contributed by atoms with E-state index in [1.807, 2.05) is 42.5 Å². The van der Waals surface area contributed by atoms with Crippen LogP contribution in [-0.2, 0) is 43.8 Å². The first-order valence-electron chi connectivity index (χ1n) is 16.5. The molecule has 2 heterocycles. The Morgan fingerprint density at radius 2 is 1.39 bits per heavy atom. The molecule has 0 fully saturated rings. The number of anilines is 1. The molecule has 0 aliphatic heterocycles. The number of hydrogen-bond acceptors (Lipinski definition) is 17. The lowest BCUT2D eigenvalue weighted by Crippen LogP contribution is -2.20. The third kappa shape index (κ3) is 14.9. The highest BCUT2D eigenvalue weighted by Crippen LogP contribution is 2.48. The van der Waals surface area contributed by atoms with E-state index in [9.17, 15) is 19.3 Å². The lowest BCUT2D eigenvalue weighted by molar-refractivity contribution is -0.0369. The molecular weight excluding hydrogens is 729 g/mol. The molecule has 2 aromatic carbocycles. The first-order chi connectivity index (χ1) is 25.7. The minimum absolute atomic E-state index is 0.237. The molecule has 0 unspecified atom stereocenters. The number of carbonyl (C=O) groups excluding carboxylic acids is 2. The monoisotopic (exact) mass is 775 g/mol. The number of phenols is 1. The maximum atomic E-state index is 13.1. The van der Waals surface area contributed by atoms with Crippen molar-refractivity contribution in [3.63, 3.8) is 0 Å². The highest BCUT2D eigenvalue weighted by molar-refractivity contribution is 7.53. The molecule has 0 amide bonds. The van der Waals surface area contributed by atoms with E-state index in [0.29, 0.717) is 11.2 Å². The molecular formula is C35H46N5O13P. The Hall–Kier alpha value is -5.42.